The summed E-state index contributed by atoms with van der Waals surface area (Å²) in [4.78, 5) is 25.1. The fourth-order valence-corrected chi connectivity index (χ4v) is 5.72. The van der Waals surface area contributed by atoms with Crippen LogP contribution in [0.25, 0.3) is 0 Å². The second-order valence-corrected chi connectivity index (χ2v) is 12.4. The largest absolute Gasteiger partial charge is 0.495 e. The summed E-state index contributed by atoms with van der Waals surface area (Å²) >= 11 is 0. The molecule has 0 unspecified atom stereocenters. The molecule has 0 bridgehead atoms. The Morgan fingerprint density at radius 2 is 1.85 bits per heavy atom. The normalized spacial score (nSPS) is 14.2. The number of halogens is 4. The van der Waals surface area contributed by atoms with E-state index in [4.69, 9.17) is 9.57 Å². The zero-order chi connectivity index (χ0) is 28.4. The zero-order valence-corrected chi connectivity index (χ0v) is 22.1. The summed E-state index contributed by atoms with van der Waals surface area (Å²) < 4.78 is 74.2. The van der Waals surface area contributed by atoms with Crippen LogP contribution in [-0.4, -0.2) is 41.9 Å². The summed E-state index contributed by atoms with van der Waals surface area (Å²) in [6.45, 7) is 3.95. The molecule has 1 aliphatic rings. The van der Waals surface area contributed by atoms with Crippen molar-refractivity contribution in [3.05, 3.63) is 59.5 Å². The molecule has 1 fully saturated rings. The van der Waals surface area contributed by atoms with E-state index in [1.54, 1.807) is 18.2 Å². The number of nitrogens with zero attached hydrogens (tertiary/aromatic N) is 2. The molecule has 0 aliphatic carbocycles. The Labute approximate surface area is 221 Å². The number of hydrogen-bond donors (Lipinski definition) is 3. The number of benzene rings is 2. The van der Waals surface area contributed by atoms with E-state index >= 15 is 0 Å². The third kappa shape index (κ3) is 6.66. The fraction of sp³-hybridized carbons (Fsp3) is 0.320. The second kappa shape index (κ2) is 11.2. The Morgan fingerprint density at radius 1 is 1.13 bits per heavy atom. The van der Waals surface area contributed by atoms with Gasteiger partial charge >= 0.3 is 6.18 Å². The molecule has 3 aromatic rings. The summed E-state index contributed by atoms with van der Waals surface area (Å²) in [6, 6.07) is 8.45. The number of hydrogen-bond acceptors (Lipinski definition) is 8. The molecule has 1 aromatic heterocycles. The van der Waals surface area contributed by atoms with E-state index in [1.807, 2.05) is 13.8 Å². The molecule has 1 amide bonds. The SMILES string of the molecule is COc1cc(C(=O)NOCC(C)C)c(F)cc1Nc1ncc(C(F)(F)F)c(Nc2ccccc2P2(=O)CC2)n1. The number of carbonyl (C=O) groups is 1. The maximum absolute atomic E-state index is 14.8. The summed E-state index contributed by atoms with van der Waals surface area (Å²) in [5.74, 6) is -2.55. The van der Waals surface area contributed by atoms with Crippen molar-refractivity contribution in [1.29, 1.82) is 0 Å². The number of amides is 1. The number of anilines is 4. The Hall–Kier alpha value is -3.70. The van der Waals surface area contributed by atoms with Crippen molar-refractivity contribution >= 4 is 41.5 Å². The third-order valence-electron chi connectivity index (χ3n) is 5.68. The number of methoxy groups -OCH3 is 1. The molecular weight excluding hydrogens is 541 g/mol. The number of para-hydroxylation sites is 1. The highest BCUT2D eigenvalue weighted by Gasteiger charge is 2.40. The number of nitrogens with one attached hydrogen (secondary N) is 3. The molecule has 1 saturated heterocycles. The molecule has 3 N–H and O–H groups in total. The predicted molar refractivity (Wildman–Crippen MR) is 138 cm³/mol. The molecule has 1 aliphatic heterocycles. The first-order valence-electron chi connectivity index (χ1n) is 11.9. The van der Waals surface area contributed by atoms with E-state index in [0.29, 0.717) is 23.8 Å². The molecule has 9 nitrogen and oxygen atoms in total. The van der Waals surface area contributed by atoms with Crippen molar-refractivity contribution in [2.75, 3.05) is 36.7 Å². The van der Waals surface area contributed by atoms with E-state index in [9.17, 15) is 26.9 Å². The molecule has 0 atom stereocenters. The molecule has 0 spiro atoms. The molecule has 208 valence electrons. The smallest absolute Gasteiger partial charge is 0.421 e. The van der Waals surface area contributed by atoms with E-state index in [0.717, 1.165) is 12.1 Å². The van der Waals surface area contributed by atoms with Gasteiger partial charge in [-0.2, -0.15) is 18.2 Å². The van der Waals surface area contributed by atoms with Gasteiger partial charge in [-0.05, 0) is 24.1 Å². The standard InChI is InChI=1S/C25H26F4N5O4P/c1-14(2)13-38-34-23(35)15-10-20(37-3)19(11-17(15)26)32-24-30-12-16(25(27,28)29)22(33-24)31-18-6-4-5-7-21(18)39(36)8-9-39/h4-7,10-12,14H,8-9,13H2,1-3H3,(H,34,35)(H2,30,31,32,33). The maximum Gasteiger partial charge on any atom is 0.421 e. The first kappa shape index (κ1) is 28.3. The highest BCUT2D eigenvalue weighted by molar-refractivity contribution is 7.78. The first-order valence-corrected chi connectivity index (χ1v) is 13.9. The van der Waals surface area contributed by atoms with Crippen molar-refractivity contribution in [2.45, 2.75) is 20.0 Å². The van der Waals surface area contributed by atoms with Gasteiger partial charge in [0.15, 0.2) is 0 Å². The molecule has 2 aromatic carbocycles. The number of rotatable bonds is 10. The Bertz CT molecular complexity index is 1430. The van der Waals surface area contributed by atoms with E-state index in [2.05, 4.69) is 26.1 Å². The maximum atomic E-state index is 14.8. The van der Waals surface area contributed by atoms with Crippen molar-refractivity contribution in [3.8, 4) is 5.75 Å². The third-order valence-corrected chi connectivity index (χ3v) is 8.21. The monoisotopic (exact) mass is 567 g/mol. The molecule has 39 heavy (non-hydrogen) atoms. The van der Waals surface area contributed by atoms with E-state index < -0.39 is 36.4 Å². The molecule has 0 saturated carbocycles. The molecular formula is C25H26F4N5O4P. The van der Waals surface area contributed by atoms with Crippen molar-refractivity contribution < 1.29 is 36.5 Å². The molecule has 2 heterocycles. The quantitative estimate of drug-likeness (QED) is 0.168. The summed E-state index contributed by atoms with van der Waals surface area (Å²) in [5, 5.41) is 5.74. The van der Waals surface area contributed by atoms with Crippen LogP contribution in [0, 0.1) is 11.7 Å². The van der Waals surface area contributed by atoms with Gasteiger partial charge in [0.05, 0.1) is 30.7 Å². The van der Waals surface area contributed by atoms with Crippen LogP contribution >= 0.6 is 7.14 Å². The van der Waals surface area contributed by atoms with Crippen LogP contribution in [0.4, 0.5) is 40.7 Å². The number of ether oxygens (including phenoxy) is 1. The van der Waals surface area contributed by atoms with E-state index in [1.165, 1.54) is 13.2 Å². The van der Waals surface area contributed by atoms with Gasteiger partial charge in [-0.1, -0.05) is 26.0 Å². The lowest BCUT2D eigenvalue weighted by Gasteiger charge is -2.17. The first-order chi connectivity index (χ1) is 18.4. The van der Waals surface area contributed by atoms with Gasteiger partial charge in [-0.15, -0.1) is 0 Å². The topological polar surface area (TPSA) is 114 Å². The minimum absolute atomic E-state index is 0.000549. The summed E-state index contributed by atoms with van der Waals surface area (Å²) in [6.07, 6.45) is -3.25. The number of hydroxylamine groups is 1. The van der Waals surface area contributed by atoms with Gasteiger partial charge in [0.1, 0.15) is 30.1 Å². The average molecular weight is 567 g/mol. The van der Waals surface area contributed by atoms with Crippen LogP contribution in [0.5, 0.6) is 5.75 Å². The number of aromatic nitrogens is 2. The van der Waals surface area contributed by atoms with Crippen molar-refractivity contribution in [3.63, 3.8) is 0 Å². The van der Waals surface area contributed by atoms with Crippen LogP contribution in [0.1, 0.15) is 29.8 Å². The molecule has 0 radical (unpaired) electrons. The highest BCUT2D eigenvalue weighted by Crippen LogP contribution is 2.60. The van der Waals surface area contributed by atoms with Gasteiger partial charge in [0.2, 0.25) is 5.95 Å². The van der Waals surface area contributed by atoms with Crippen molar-refractivity contribution in [1.82, 2.24) is 15.4 Å². The van der Waals surface area contributed by atoms with Gasteiger partial charge in [0, 0.05) is 29.9 Å². The Morgan fingerprint density at radius 3 is 2.49 bits per heavy atom. The van der Waals surface area contributed by atoms with Crippen LogP contribution in [-0.2, 0) is 15.6 Å². The van der Waals surface area contributed by atoms with Crippen molar-refractivity contribution in [2.24, 2.45) is 5.92 Å². The minimum atomic E-state index is -4.80. The lowest BCUT2D eigenvalue weighted by atomic mass is 10.1. The van der Waals surface area contributed by atoms with Gasteiger partial charge < -0.3 is 19.9 Å². The van der Waals surface area contributed by atoms with Gasteiger partial charge in [-0.25, -0.2) is 14.9 Å². The van der Waals surface area contributed by atoms with Crippen LogP contribution in [0.2, 0.25) is 0 Å². The molecule has 4 rings (SSSR count). The van der Waals surface area contributed by atoms with Crippen LogP contribution < -0.4 is 26.2 Å². The van der Waals surface area contributed by atoms with Gasteiger partial charge in [-0.3, -0.25) is 9.63 Å². The lowest BCUT2D eigenvalue weighted by molar-refractivity contribution is -0.137. The fourth-order valence-electron chi connectivity index (χ4n) is 3.58. The summed E-state index contributed by atoms with van der Waals surface area (Å²) in [7, 11) is -1.34. The number of carbonyl (C=O) groups excluding carboxylic acids is 1. The average Bonchev–Trinajstić information content (AvgIpc) is 3.62. The predicted octanol–water partition coefficient (Wildman–Crippen LogP) is 5.45. The second-order valence-electron chi connectivity index (χ2n) is 9.23. The number of alkyl halides is 3. The van der Waals surface area contributed by atoms with Crippen LogP contribution in [0.15, 0.2) is 42.6 Å². The van der Waals surface area contributed by atoms with E-state index in [-0.39, 0.29) is 41.2 Å². The minimum Gasteiger partial charge on any atom is -0.495 e. The zero-order valence-electron chi connectivity index (χ0n) is 21.2. The summed E-state index contributed by atoms with van der Waals surface area (Å²) in [5.41, 5.74) is 0.830. The lowest BCUT2D eigenvalue weighted by Crippen LogP contribution is -2.26. The Kier molecular flexibility index (Phi) is 8.12. The Balaban J connectivity index is 1.64. The van der Waals surface area contributed by atoms with Gasteiger partial charge in [0.25, 0.3) is 5.91 Å². The highest BCUT2D eigenvalue weighted by atomic mass is 31.2. The molecule has 14 heteroatoms. The van der Waals surface area contributed by atoms with Crippen LogP contribution in [0.3, 0.4) is 0 Å².